The second kappa shape index (κ2) is 10.3. The Labute approximate surface area is 221 Å². The van der Waals surface area contributed by atoms with E-state index in [0.717, 1.165) is 78.7 Å². The fraction of sp³-hybridized carbons (Fsp3) is 0.379. The van der Waals surface area contributed by atoms with Crippen molar-refractivity contribution in [1.82, 2.24) is 19.4 Å². The van der Waals surface area contributed by atoms with Crippen molar-refractivity contribution in [3.63, 3.8) is 0 Å². The van der Waals surface area contributed by atoms with Crippen LogP contribution >= 0.6 is 11.6 Å². The number of nitrogens with one attached hydrogen (secondary N) is 1. The van der Waals surface area contributed by atoms with Gasteiger partial charge in [-0.3, -0.25) is 4.79 Å². The molecule has 4 heterocycles. The van der Waals surface area contributed by atoms with Crippen molar-refractivity contribution >= 4 is 28.3 Å². The summed E-state index contributed by atoms with van der Waals surface area (Å²) in [6.07, 6.45) is 8.37. The number of hydrogen-bond acceptors (Lipinski definition) is 5. The zero-order chi connectivity index (χ0) is 25.4. The Kier molecular flexibility index (Phi) is 6.76. The van der Waals surface area contributed by atoms with Gasteiger partial charge >= 0.3 is 0 Å². The third kappa shape index (κ3) is 5.30. The Hall–Kier alpha value is -3.13. The highest BCUT2D eigenvalue weighted by Crippen LogP contribution is 2.32. The second-order valence-electron chi connectivity index (χ2n) is 10.3. The van der Waals surface area contributed by atoms with Gasteiger partial charge in [-0.2, -0.15) is 0 Å². The Morgan fingerprint density at radius 2 is 2.03 bits per heavy atom. The van der Waals surface area contributed by atoms with Crippen LogP contribution in [-0.4, -0.2) is 65.9 Å². The SMILES string of the molecule is CN(CC1CC1)C[C@H](c1cccc(Cl)c1)n1ccc(-c2c[nH]c3ncc(N4CCOCC4)cc23)cc1=O. The van der Waals surface area contributed by atoms with Gasteiger partial charge in [-0.15, -0.1) is 0 Å². The summed E-state index contributed by atoms with van der Waals surface area (Å²) in [6, 6.07) is 13.7. The minimum atomic E-state index is -0.124. The summed E-state index contributed by atoms with van der Waals surface area (Å²) in [5.41, 5.74) is 4.75. The first kappa shape index (κ1) is 24.2. The summed E-state index contributed by atoms with van der Waals surface area (Å²) >= 11 is 6.34. The molecule has 0 amide bonds. The van der Waals surface area contributed by atoms with Crippen LogP contribution in [0.3, 0.4) is 0 Å². The minimum absolute atomic E-state index is 0.0334. The highest BCUT2D eigenvalue weighted by molar-refractivity contribution is 6.30. The number of aromatic amines is 1. The van der Waals surface area contributed by atoms with E-state index in [9.17, 15) is 4.79 Å². The maximum atomic E-state index is 13.6. The van der Waals surface area contributed by atoms with Crippen LogP contribution in [-0.2, 0) is 4.74 Å². The normalized spacial score (nSPS) is 17.0. The van der Waals surface area contributed by atoms with Crippen molar-refractivity contribution in [2.75, 3.05) is 51.3 Å². The molecule has 1 saturated heterocycles. The number of halogens is 1. The van der Waals surface area contributed by atoms with E-state index in [-0.39, 0.29) is 11.6 Å². The van der Waals surface area contributed by atoms with Gasteiger partial charge < -0.3 is 24.1 Å². The van der Waals surface area contributed by atoms with E-state index in [2.05, 4.69) is 38.9 Å². The number of nitrogens with zero attached hydrogens (tertiary/aromatic N) is 4. The van der Waals surface area contributed by atoms with E-state index in [4.69, 9.17) is 16.3 Å². The molecule has 7 nitrogen and oxygen atoms in total. The number of likely N-dealkylation sites (N-methyl/N-ethyl adjacent to an activating group) is 1. The van der Waals surface area contributed by atoms with Gasteiger partial charge in [0.1, 0.15) is 5.65 Å². The zero-order valence-electron chi connectivity index (χ0n) is 21.1. The number of ether oxygens (including phenoxy) is 1. The molecule has 2 fully saturated rings. The third-order valence-electron chi connectivity index (χ3n) is 7.47. The van der Waals surface area contributed by atoms with Crippen molar-refractivity contribution in [2.45, 2.75) is 18.9 Å². The average molecular weight is 518 g/mol. The van der Waals surface area contributed by atoms with Crippen molar-refractivity contribution in [2.24, 2.45) is 5.92 Å². The third-order valence-corrected chi connectivity index (χ3v) is 7.71. The Morgan fingerprint density at radius 1 is 1.19 bits per heavy atom. The molecule has 0 radical (unpaired) electrons. The van der Waals surface area contributed by atoms with E-state index in [1.165, 1.54) is 12.8 Å². The highest BCUT2D eigenvalue weighted by Gasteiger charge is 2.25. The molecule has 4 aromatic rings. The van der Waals surface area contributed by atoms with Gasteiger partial charge in [0.15, 0.2) is 0 Å². The van der Waals surface area contributed by atoms with Gasteiger partial charge in [0, 0.05) is 60.6 Å². The first-order valence-corrected chi connectivity index (χ1v) is 13.4. The molecule has 3 aromatic heterocycles. The number of benzene rings is 1. The maximum Gasteiger partial charge on any atom is 0.251 e. The number of aromatic nitrogens is 3. The standard InChI is InChI=1S/C29H32ClN5O2/c1-33(18-20-5-6-20)19-27(22-3-2-4-23(30)13-22)35-8-7-21(14-28(35)36)26-17-32-29-25(26)15-24(16-31-29)34-9-11-37-12-10-34/h2-4,7-8,13-17,20,27H,5-6,9-12,18-19H2,1H3,(H,31,32)/t27-/m1/s1. The lowest BCUT2D eigenvalue weighted by molar-refractivity contribution is 0.122. The molecule has 0 unspecified atom stereocenters. The summed E-state index contributed by atoms with van der Waals surface area (Å²) in [6.45, 7) is 4.94. The van der Waals surface area contributed by atoms with Crippen LogP contribution in [0.15, 0.2) is 65.8 Å². The lowest BCUT2D eigenvalue weighted by Gasteiger charge is -2.28. The highest BCUT2D eigenvalue weighted by atomic mass is 35.5. The van der Waals surface area contributed by atoms with Crippen molar-refractivity contribution in [3.8, 4) is 11.1 Å². The predicted molar refractivity (Wildman–Crippen MR) is 149 cm³/mol. The number of H-pyrrole nitrogens is 1. The number of anilines is 1. The number of pyridine rings is 2. The van der Waals surface area contributed by atoms with E-state index >= 15 is 0 Å². The monoisotopic (exact) mass is 517 g/mol. The van der Waals surface area contributed by atoms with Crippen LogP contribution in [0.25, 0.3) is 22.2 Å². The number of hydrogen-bond donors (Lipinski definition) is 1. The predicted octanol–water partition coefficient (Wildman–Crippen LogP) is 4.81. The molecule has 1 N–H and O–H groups in total. The van der Waals surface area contributed by atoms with Crippen LogP contribution in [0.5, 0.6) is 0 Å². The number of fused-ring (bicyclic) bond motifs is 1. The van der Waals surface area contributed by atoms with Gasteiger partial charge in [-0.1, -0.05) is 23.7 Å². The van der Waals surface area contributed by atoms with E-state index in [0.29, 0.717) is 5.02 Å². The van der Waals surface area contributed by atoms with Gasteiger partial charge in [0.25, 0.3) is 5.56 Å². The number of morpholine rings is 1. The van der Waals surface area contributed by atoms with Crippen LogP contribution in [0.1, 0.15) is 24.4 Å². The summed E-state index contributed by atoms with van der Waals surface area (Å²) < 4.78 is 7.34. The first-order chi connectivity index (χ1) is 18.0. The van der Waals surface area contributed by atoms with Gasteiger partial charge in [0.2, 0.25) is 0 Å². The molecule has 0 bridgehead atoms. The minimum Gasteiger partial charge on any atom is -0.378 e. The molecule has 1 aliphatic heterocycles. The average Bonchev–Trinajstić information content (AvgIpc) is 3.62. The zero-order valence-corrected chi connectivity index (χ0v) is 21.8. The number of rotatable bonds is 8. The summed E-state index contributed by atoms with van der Waals surface area (Å²) in [7, 11) is 2.14. The molecule has 1 aliphatic carbocycles. The molecule has 2 aliphatic rings. The van der Waals surface area contributed by atoms with Crippen LogP contribution in [0.4, 0.5) is 5.69 Å². The molecule has 6 rings (SSSR count). The molecule has 37 heavy (non-hydrogen) atoms. The van der Waals surface area contributed by atoms with E-state index in [1.54, 1.807) is 6.07 Å². The lowest BCUT2D eigenvalue weighted by atomic mass is 10.0. The molecular weight excluding hydrogens is 486 g/mol. The van der Waals surface area contributed by atoms with E-state index in [1.807, 2.05) is 47.4 Å². The fourth-order valence-electron chi connectivity index (χ4n) is 5.32. The van der Waals surface area contributed by atoms with Gasteiger partial charge in [-0.05, 0) is 61.2 Å². The van der Waals surface area contributed by atoms with Crippen LogP contribution in [0.2, 0.25) is 5.02 Å². The molecule has 1 atom stereocenters. The molecule has 0 spiro atoms. The maximum absolute atomic E-state index is 13.6. The summed E-state index contributed by atoms with van der Waals surface area (Å²) in [5.74, 6) is 0.780. The fourth-order valence-corrected chi connectivity index (χ4v) is 5.52. The van der Waals surface area contributed by atoms with Gasteiger partial charge in [0.05, 0.1) is 31.1 Å². The van der Waals surface area contributed by atoms with Crippen molar-refractivity contribution in [3.05, 3.63) is 82.0 Å². The smallest absolute Gasteiger partial charge is 0.251 e. The lowest BCUT2D eigenvalue weighted by Crippen LogP contribution is -2.36. The molecule has 192 valence electrons. The summed E-state index contributed by atoms with van der Waals surface area (Å²) in [4.78, 5) is 26.1. The van der Waals surface area contributed by atoms with Crippen LogP contribution < -0.4 is 10.5 Å². The molecular formula is C29H32ClN5O2. The van der Waals surface area contributed by atoms with E-state index < -0.39 is 0 Å². The van der Waals surface area contributed by atoms with Crippen molar-refractivity contribution in [1.29, 1.82) is 0 Å². The van der Waals surface area contributed by atoms with Crippen LogP contribution in [0, 0.1) is 5.92 Å². The summed E-state index contributed by atoms with van der Waals surface area (Å²) in [5, 5.41) is 1.69. The largest absolute Gasteiger partial charge is 0.378 e. The topological polar surface area (TPSA) is 66.4 Å². The van der Waals surface area contributed by atoms with Crippen molar-refractivity contribution < 1.29 is 4.74 Å². The Bertz CT molecular complexity index is 1450. The quantitative estimate of drug-likeness (QED) is 0.363. The Morgan fingerprint density at radius 3 is 2.78 bits per heavy atom. The molecule has 1 saturated carbocycles. The first-order valence-electron chi connectivity index (χ1n) is 13.0. The Balaban J connectivity index is 1.34. The molecule has 8 heteroatoms. The van der Waals surface area contributed by atoms with Gasteiger partial charge in [-0.25, -0.2) is 4.98 Å². The second-order valence-corrected chi connectivity index (χ2v) is 10.7. The molecule has 1 aromatic carbocycles.